The normalized spacial score (nSPS) is 11.7. The first-order valence-corrected chi connectivity index (χ1v) is 8.33. The summed E-state index contributed by atoms with van der Waals surface area (Å²) in [5.41, 5.74) is 0.893. The molecular formula is C18H20FNO3S. The number of carbonyl (C=O) groups is 1. The van der Waals surface area contributed by atoms with E-state index in [9.17, 15) is 9.18 Å². The zero-order valence-electron chi connectivity index (χ0n) is 13.8. The summed E-state index contributed by atoms with van der Waals surface area (Å²) >= 11 is 1.20. The molecule has 2 aromatic carbocycles. The highest BCUT2D eigenvalue weighted by atomic mass is 32.2. The summed E-state index contributed by atoms with van der Waals surface area (Å²) in [7, 11) is 3.13. The molecule has 0 spiro atoms. The van der Waals surface area contributed by atoms with Crippen molar-refractivity contribution in [2.45, 2.75) is 23.6 Å². The molecule has 24 heavy (non-hydrogen) atoms. The number of hydrogen-bond donors (Lipinski definition) is 1. The fraction of sp³-hybridized carbons (Fsp3) is 0.278. The van der Waals surface area contributed by atoms with E-state index in [-0.39, 0.29) is 11.7 Å². The summed E-state index contributed by atoms with van der Waals surface area (Å²) in [5, 5.41) is 2.45. The van der Waals surface area contributed by atoms with Crippen LogP contribution in [0.1, 0.15) is 12.5 Å². The molecule has 6 heteroatoms. The number of methoxy groups -OCH3 is 2. The van der Waals surface area contributed by atoms with Gasteiger partial charge in [0.1, 0.15) is 5.82 Å². The van der Waals surface area contributed by atoms with Gasteiger partial charge in [0.05, 0.1) is 19.5 Å². The predicted octanol–water partition coefficient (Wildman–Crippen LogP) is 3.64. The lowest BCUT2D eigenvalue weighted by atomic mass is 10.2. The Labute approximate surface area is 145 Å². The quantitative estimate of drug-likeness (QED) is 0.776. The topological polar surface area (TPSA) is 47.6 Å². The van der Waals surface area contributed by atoms with Gasteiger partial charge in [-0.25, -0.2) is 4.39 Å². The van der Waals surface area contributed by atoms with Gasteiger partial charge in [-0.05, 0) is 36.8 Å². The van der Waals surface area contributed by atoms with E-state index in [1.807, 2.05) is 12.1 Å². The molecule has 0 fully saturated rings. The van der Waals surface area contributed by atoms with Crippen LogP contribution in [0, 0.1) is 5.82 Å². The average molecular weight is 349 g/mol. The minimum atomic E-state index is -0.401. The van der Waals surface area contributed by atoms with Crippen LogP contribution in [0.25, 0.3) is 0 Å². The van der Waals surface area contributed by atoms with Crippen molar-refractivity contribution in [3.63, 3.8) is 0 Å². The fourth-order valence-corrected chi connectivity index (χ4v) is 3.02. The van der Waals surface area contributed by atoms with Crippen molar-refractivity contribution in [3.05, 3.63) is 53.8 Å². The van der Waals surface area contributed by atoms with Gasteiger partial charge < -0.3 is 14.8 Å². The lowest BCUT2D eigenvalue weighted by Crippen LogP contribution is -2.30. The van der Waals surface area contributed by atoms with Crippen LogP contribution in [0.15, 0.2) is 47.4 Å². The number of amides is 1. The molecule has 0 saturated heterocycles. The van der Waals surface area contributed by atoms with Gasteiger partial charge in [-0.1, -0.05) is 18.2 Å². The highest BCUT2D eigenvalue weighted by molar-refractivity contribution is 8.00. The SMILES string of the molecule is COc1ccc(CNC(=O)[C@H](C)Sc2ccccc2F)cc1OC. The van der Waals surface area contributed by atoms with Crippen molar-refractivity contribution >= 4 is 17.7 Å². The van der Waals surface area contributed by atoms with E-state index in [1.54, 1.807) is 45.4 Å². The molecule has 1 amide bonds. The maximum Gasteiger partial charge on any atom is 0.233 e. The number of rotatable bonds is 7. The van der Waals surface area contributed by atoms with E-state index in [1.165, 1.54) is 17.8 Å². The Hall–Kier alpha value is -2.21. The molecule has 0 aromatic heterocycles. The fourth-order valence-electron chi connectivity index (χ4n) is 2.11. The zero-order valence-corrected chi connectivity index (χ0v) is 14.7. The molecule has 0 saturated carbocycles. The molecule has 2 rings (SSSR count). The van der Waals surface area contributed by atoms with E-state index in [2.05, 4.69) is 5.32 Å². The molecule has 1 N–H and O–H groups in total. The Kier molecular flexibility index (Phi) is 6.49. The van der Waals surface area contributed by atoms with Gasteiger partial charge in [0.2, 0.25) is 5.91 Å². The van der Waals surface area contributed by atoms with Crippen molar-refractivity contribution in [1.29, 1.82) is 0 Å². The van der Waals surface area contributed by atoms with Gasteiger partial charge in [0, 0.05) is 11.4 Å². The molecule has 0 aliphatic heterocycles. The maximum absolute atomic E-state index is 13.6. The lowest BCUT2D eigenvalue weighted by molar-refractivity contribution is -0.120. The Morgan fingerprint density at radius 2 is 1.88 bits per heavy atom. The van der Waals surface area contributed by atoms with Crippen molar-refractivity contribution < 1.29 is 18.7 Å². The molecule has 0 heterocycles. The van der Waals surface area contributed by atoms with E-state index < -0.39 is 5.25 Å². The maximum atomic E-state index is 13.6. The Morgan fingerprint density at radius 1 is 1.17 bits per heavy atom. The Balaban J connectivity index is 1.94. The zero-order chi connectivity index (χ0) is 17.5. The number of thioether (sulfide) groups is 1. The summed E-state index contributed by atoms with van der Waals surface area (Å²) in [6.45, 7) is 2.11. The van der Waals surface area contributed by atoms with E-state index in [0.717, 1.165) is 5.56 Å². The molecule has 0 aliphatic carbocycles. The van der Waals surface area contributed by atoms with Crippen molar-refractivity contribution in [3.8, 4) is 11.5 Å². The summed E-state index contributed by atoms with van der Waals surface area (Å²) < 4.78 is 24.1. The van der Waals surface area contributed by atoms with Gasteiger partial charge in [-0.2, -0.15) is 0 Å². The monoisotopic (exact) mass is 349 g/mol. The number of ether oxygens (including phenoxy) is 2. The van der Waals surface area contributed by atoms with E-state index >= 15 is 0 Å². The third-order valence-corrected chi connectivity index (χ3v) is 4.58. The summed E-state index contributed by atoms with van der Waals surface area (Å²) in [4.78, 5) is 12.7. The molecule has 2 aromatic rings. The van der Waals surface area contributed by atoms with Crippen LogP contribution in [0.3, 0.4) is 0 Å². The van der Waals surface area contributed by atoms with Crippen LogP contribution in [-0.2, 0) is 11.3 Å². The third kappa shape index (κ3) is 4.64. The first-order valence-electron chi connectivity index (χ1n) is 7.45. The molecule has 0 unspecified atom stereocenters. The summed E-state index contributed by atoms with van der Waals surface area (Å²) in [6.07, 6.45) is 0. The summed E-state index contributed by atoms with van der Waals surface area (Å²) in [6, 6.07) is 11.9. The van der Waals surface area contributed by atoms with Gasteiger partial charge in [0.15, 0.2) is 11.5 Å². The van der Waals surface area contributed by atoms with Crippen LogP contribution < -0.4 is 14.8 Å². The molecule has 0 radical (unpaired) electrons. The number of hydrogen-bond acceptors (Lipinski definition) is 4. The van der Waals surface area contributed by atoms with Crippen molar-refractivity contribution in [1.82, 2.24) is 5.32 Å². The second-order valence-corrected chi connectivity index (χ2v) is 6.48. The smallest absolute Gasteiger partial charge is 0.233 e. The van der Waals surface area contributed by atoms with Crippen LogP contribution in [0.2, 0.25) is 0 Å². The standard InChI is InChI=1S/C18H20FNO3S/c1-12(24-17-7-5-4-6-14(17)19)18(21)20-11-13-8-9-15(22-2)16(10-13)23-3/h4-10,12H,11H2,1-3H3,(H,20,21)/t12-/m0/s1. The number of benzene rings is 2. The van der Waals surface area contributed by atoms with Crippen molar-refractivity contribution in [2.24, 2.45) is 0 Å². The molecule has 1 atom stereocenters. The number of halogens is 1. The largest absolute Gasteiger partial charge is 0.493 e. The average Bonchev–Trinajstić information content (AvgIpc) is 2.61. The van der Waals surface area contributed by atoms with Gasteiger partial charge in [-0.3, -0.25) is 4.79 Å². The molecular weight excluding hydrogens is 329 g/mol. The minimum absolute atomic E-state index is 0.155. The molecule has 0 aliphatic rings. The minimum Gasteiger partial charge on any atom is -0.493 e. The summed E-state index contributed by atoms with van der Waals surface area (Å²) in [5.74, 6) is 0.772. The second kappa shape index (κ2) is 8.59. The Morgan fingerprint density at radius 3 is 2.54 bits per heavy atom. The van der Waals surface area contributed by atoms with Gasteiger partial charge >= 0.3 is 0 Å². The van der Waals surface area contributed by atoms with Gasteiger partial charge in [0.25, 0.3) is 0 Å². The van der Waals surface area contributed by atoms with Crippen LogP contribution in [-0.4, -0.2) is 25.4 Å². The van der Waals surface area contributed by atoms with Crippen LogP contribution >= 0.6 is 11.8 Å². The van der Waals surface area contributed by atoms with Crippen LogP contribution in [0.5, 0.6) is 11.5 Å². The van der Waals surface area contributed by atoms with E-state index in [4.69, 9.17) is 9.47 Å². The van der Waals surface area contributed by atoms with Gasteiger partial charge in [-0.15, -0.1) is 11.8 Å². The molecule has 128 valence electrons. The first-order chi connectivity index (χ1) is 11.5. The Bertz CT molecular complexity index is 708. The highest BCUT2D eigenvalue weighted by Gasteiger charge is 2.16. The first kappa shape index (κ1) is 18.1. The van der Waals surface area contributed by atoms with E-state index in [0.29, 0.717) is 22.9 Å². The number of nitrogens with one attached hydrogen (secondary N) is 1. The second-order valence-electron chi connectivity index (χ2n) is 5.10. The molecule has 0 bridgehead atoms. The predicted molar refractivity (Wildman–Crippen MR) is 93.1 cm³/mol. The third-order valence-electron chi connectivity index (χ3n) is 3.42. The lowest BCUT2D eigenvalue weighted by Gasteiger charge is -2.13. The molecule has 4 nitrogen and oxygen atoms in total. The van der Waals surface area contributed by atoms with Crippen LogP contribution in [0.4, 0.5) is 4.39 Å². The van der Waals surface area contributed by atoms with Crippen molar-refractivity contribution in [2.75, 3.05) is 14.2 Å². The number of carbonyl (C=O) groups excluding carboxylic acids is 1. The highest BCUT2D eigenvalue weighted by Crippen LogP contribution is 2.28.